The fourth-order valence-electron chi connectivity index (χ4n) is 4.24. The van der Waals surface area contributed by atoms with Gasteiger partial charge in [-0.2, -0.15) is 0 Å². The van der Waals surface area contributed by atoms with Crippen molar-refractivity contribution >= 4 is 34.9 Å². The predicted octanol–water partition coefficient (Wildman–Crippen LogP) is 4.41. The Morgan fingerprint density at radius 3 is 2.67 bits per heavy atom. The summed E-state index contributed by atoms with van der Waals surface area (Å²) >= 11 is 0.879. The molecule has 3 aromatic rings. The molecule has 6 nitrogen and oxygen atoms in total. The number of aromatic nitrogens is 1. The highest BCUT2D eigenvalue weighted by molar-refractivity contribution is 8.18. The summed E-state index contributed by atoms with van der Waals surface area (Å²) in [6.45, 7) is 2.88. The van der Waals surface area contributed by atoms with Crippen molar-refractivity contribution in [3.05, 3.63) is 94.1 Å². The van der Waals surface area contributed by atoms with Crippen LogP contribution < -0.4 is 0 Å². The van der Waals surface area contributed by atoms with Gasteiger partial charge in [0.25, 0.3) is 11.1 Å². The van der Waals surface area contributed by atoms with Crippen LogP contribution in [0.1, 0.15) is 22.4 Å². The Hall–Kier alpha value is -3.58. The first-order valence-electron chi connectivity index (χ1n) is 10.8. The number of imide groups is 1. The molecule has 33 heavy (non-hydrogen) atoms. The van der Waals surface area contributed by atoms with Gasteiger partial charge in [0.2, 0.25) is 5.91 Å². The fourth-order valence-corrected chi connectivity index (χ4v) is 5.06. The second-order valence-corrected chi connectivity index (χ2v) is 9.24. The van der Waals surface area contributed by atoms with Crippen LogP contribution in [-0.4, -0.2) is 44.5 Å². The van der Waals surface area contributed by atoms with E-state index in [0.29, 0.717) is 18.0 Å². The molecule has 0 radical (unpaired) electrons. The molecular weight excluding hydrogens is 434 g/mol. The number of fused-ring (bicyclic) bond motifs is 1. The topological polar surface area (TPSA) is 62.6 Å². The van der Waals surface area contributed by atoms with E-state index in [9.17, 15) is 14.4 Å². The lowest BCUT2D eigenvalue weighted by molar-refractivity contribution is -0.136. The summed E-state index contributed by atoms with van der Waals surface area (Å²) in [7, 11) is 0. The average Bonchev–Trinajstić information content (AvgIpc) is 3.39. The highest BCUT2D eigenvalue weighted by Gasteiger charge is 2.37. The Morgan fingerprint density at radius 1 is 1.03 bits per heavy atom. The van der Waals surface area contributed by atoms with Gasteiger partial charge in [0.1, 0.15) is 6.54 Å². The molecule has 0 atom stereocenters. The molecule has 3 heterocycles. The third-order valence-corrected chi connectivity index (χ3v) is 6.90. The summed E-state index contributed by atoms with van der Waals surface area (Å²) < 4.78 is 1.97. The van der Waals surface area contributed by atoms with Gasteiger partial charge < -0.3 is 9.47 Å². The molecule has 166 valence electrons. The van der Waals surface area contributed by atoms with E-state index in [4.69, 9.17) is 0 Å². The number of rotatable bonds is 4. The van der Waals surface area contributed by atoms with Crippen molar-refractivity contribution in [1.82, 2.24) is 14.4 Å². The molecule has 2 aliphatic heterocycles. The van der Waals surface area contributed by atoms with Crippen LogP contribution in [0.4, 0.5) is 4.79 Å². The van der Waals surface area contributed by atoms with Crippen LogP contribution in [0.3, 0.4) is 0 Å². The van der Waals surface area contributed by atoms with Crippen LogP contribution in [0.5, 0.6) is 0 Å². The molecule has 1 aromatic heterocycles. The van der Waals surface area contributed by atoms with Crippen LogP contribution in [0.2, 0.25) is 0 Å². The molecule has 0 spiro atoms. The normalized spacial score (nSPS) is 17.1. The van der Waals surface area contributed by atoms with Crippen LogP contribution in [0, 0.1) is 6.92 Å². The van der Waals surface area contributed by atoms with Crippen LogP contribution in [-0.2, 0) is 22.6 Å². The molecule has 2 aromatic carbocycles. The smallest absolute Gasteiger partial charge is 0.294 e. The molecule has 5 rings (SSSR count). The molecule has 3 amide bonds. The number of amides is 3. The van der Waals surface area contributed by atoms with E-state index >= 15 is 0 Å². The zero-order chi connectivity index (χ0) is 22.9. The van der Waals surface area contributed by atoms with Crippen molar-refractivity contribution in [2.75, 3.05) is 13.1 Å². The Morgan fingerprint density at radius 2 is 1.85 bits per heavy atom. The fraction of sp³-hybridized carbons (Fsp3) is 0.192. The lowest BCUT2D eigenvalue weighted by Gasteiger charge is -2.29. The van der Waals surface area contributed by atoms with Crippen molar-refractivity contribution < 1.29 is 14.4 Å². The maximum atomic E-state index is 13.0. The van der Waals surface area contributed by atoms with Crippen molar-refractivity contribution in [1.29, 1.82) is 0 Å². The minimum absolute atomic E-state index is 0.212. The van der Waals surface area contributed by atoms with Gasteiger partial charge in [-0.25, -0.2) is 0 Å². The van der Waals surface area contributed by atoms with E-state index in [1.54, 1.807) is 11.0 Å². The van der Waals surface area contributed by atoms with Gasteiger partial charge in [-0.05, 0) is 72.1 Å². The van der Waals surface area contributed by atoms with Gasteiger partial charge in [0.15, 0.2) is 0 Å². The van der Waals surface area contributed by atoms with Crippen LogP contribution >= 0.6 is 11.8 Å². The molecule has 0 saturated carbocycles. The molecular formula is C26H23N3O3S. The van der Waals surface area contributed by atoms with Crippen molar-refractivity contribution in [3.8, 4) is 5.69 Å². The number of hydrogen-bond donors (Lipinski definition) is 0. The van der Waals surface area contributed by atoms with E-state index in [2.05, 4.69) is 12.1 Å². The van der Waals surface area contributed by atoms with Gasteiger partial charge in [0, 0.05) is 30.7 Å². The Kier molecular flexibility index (Phi) is 5.64. The minimum Gasteiger partial charge on any atom is -0.336 e. The largest absolute Gasteiger partial charge is 0.336 e. The number of aryl methyl sites for hydroxylation is 1. The quantitative estimate of drug-likeness (QED) is 0.545. The molecule has 1 saturated heterocycles. The van der Waals surface area contributed by atoms with E-state index < -0.39 is 11.1 Å². The van der Waals surface area contributed by atoms with Gasteiger partial charge in [-0.3, -0.25) is 19.3 Å². The standard InChI is InChI=1S/C26H23N3O3S/c1-18-6-4-9-21(14-18)28-12-5-10-22(28)15-23-25(31)29(26(32)33-23)17-24(30)27-13-11-19-7-2-3-8-20(19)16-27/h2-10,12,14-15H,11,13,16-17H2,1H3/b23-15-. The summed E-state index contributed by atoms with van der Waals surface area (Å²) in [6.07, 6.45) is 4.41. The summed E-state index contributed by atoms with van der Waals surface area (Å²) in [5, 5.41) is -0.411. The second-order valence-electron chi connectivity index (χ2n) is 8.24. The number of benzene rings is 2. The molecule has 1 fully saturated rings. The van der Waals surface area contributed by atoms with Crippen molar-refractivity contribution in [2.45, 2.75) is 19.9 Å². The first-order chi connectivity index (χ1) is 16.0. The van der Waals surface area contributed by atoms with Crippen molar-refractivity contribution in [3.63, 3.8) is 0 Å². The van der Waals surface area contributed by atoms with Gasteiger partial charge in [-0.1, -0.05) is 36.4 Å². The number of carbonyl (C=O) groups excluding carboxylic acids is 3. The number of carbonyl (C=O) groups is 3. The molecule has 0 aliphatic carbocycles. The van der Waals surface area contributed by atoms with Gasteiger partial charge in [-0.15, -0.1) is 0 Å². The van der Waals surface area contributed by atoms with Gasteiger partial charge in [0.05, 0.1) is 4.91 Å². The molecule has 0 unspecified atom stereocenters. The van der Waals surface area contributed by atoms with E-state index in [0.717, 1.165) is 45.6 Å². The Balaban J connectivity index is 1.32. The average molecular weight is 458 g/mol. The SMILES string of the molecule is Cc1cccc(-n2cccc2/C=C2\SC(=O)N(CC(=O)N3CCc4ccccc4C3)C2=O)c1. The highest BCUT2D eigenvalue weighted by atomic mass is 32.2. The summed E-state index contributed by atoms with van der Waals surface area (Å²) in [5.41, 5.74) is 5.26. The maximum absolute atomic E-state index is 13.0. The zero-order valence-corrected chi connectivity index (χ0v) is 19.0. The summed E-state index contributed by atoms with van der Waals surface area (Å²) in [5.74, 6) is -0.635. The number of thioether (sulfide) groups is 1. The van der Waals surface area contributed by atoms with Crippen LogP contribution in [0.25, 0.3) is 11.8 Å². The minimum atomic E-state index is -0.423. The lowest BCUT2D eigenvalue weighted by Crippen LogP contribution is -2.44. The monoisotopic (exact) mass is 457 g/mol. The third-order valence-electron chi connectivity index (χ3n) is 5.99. The summed E-state index contributed by atoms with van der Waals surface area (Å²) in [6, 6.07) is 19.9. The molecule has 2 aliphatic rings. The molecule has 0 N–H and O–H groups in total. The van der Waals surface area contributed by atoms with Crippen LogP contribution in [0.15, 0.2) is 71.8 Å². The maximum Gasteiger partial charge on any atom is 0.294 e. The third kappa shape index (κ3) is 4.24. The number of nitrogens with zero attached hydrogens (tertiary/aromatic N) is 3. The lowest BCUT2D eigenvalue weighted by atomic mass is 10.00. The zero-order valence-electron chi connectivity index (χ0n) is 18.2. The van der Waals surface area contributed by atoms with E-state index in [1.807, 2.05) is 66.2 Å². The molecule has 7 heteroatoms. The van der Waals surface area contributed by atoms with Gasteiger partial charge >= 0.3 is 0 Å². The Labute approximate surface area is 196 Å². The second kappa shape index (κ2) is 8.75. The first kappa shape index (κ1) is 21.3. The number of hydrogen-bond acceptors (Lipinski definition) is 4. The highest BCUT2D eigenvalue weighted by Crippen LogP contribution is 2.33. The Bertz CT molecular complexity index is 1290. The van der Waals surface area contributed by atoms with Crippen molar-refractivity contribution in [2.24, 2.45) is 0 Å². The predicted molar refractivity (Wildman–Crippen MR) is 129 cm³/mol. The van der Waals surface area contributed by atoms with E-state index in [-0.39, 0.29) is 12.5 Å². The molecule has 0 bridgehead atoms. The summed E-state index contributed by atoms with van der Waals surface area (Å²) in [4.78, 5) is 41.6. The first-order valence-corrected chi connectivity index (χ1v) is 11.7. The van der Waals surface area contributed by atoms with E-state index in [1.165, 1.54) is 5.56 Å².